The van der Waals surface area contributed by atoms with E-state index in [-0.39, 0.29) is 28.8 Å². The maximum absolute atomic E-state index is 11.9. The van der Waals surface area contributed by atoms with Gasteiger partial charge >= 0.3 is 5.97 Å². The minimum Gasteiger partial charge on any atom is -0.477 e. The van der Waals surface area contributed by atoms with Gasteiger partial charge in [0.2, 0.25) is 11.8 Å². The van der Waals surface area contributed by atoms with Crippen molar-refractivity contribution in [3.8, 4) is 6.07 Å². The smallest absolute Gasteiger partial charge is 0.353 e. The van der Waals surface area contributed by atoms with E-state index < -0.39 is 23.7 Å². The van der Waals surface area contributed by atoms with Crippen LogP contribution in [-0.4, -0.2) is 46.0 Å². The molecule has 2 amide bonds. The van der Waals surface area contributed by atoms with Crippen LogP contribution in [0.5, 0.6) is 0 Å². The van der Waals surface area contributed by atoms with Crippen LogP contribution < -0.4 is 5.32 Å². The lowest BCUT2D eigenvalue weighted by molar-refractivity contribution is -0.152. The van der Waals surface area contributed by atoms with Crippen molar-refractivity contribution in [3.05, 3.63) is 11.3 Å². The van der Waals surface area contributed by atoms with Gasteiger partial charge < -0.3 is 10.4 Å². The highest BCUT2D eigenvalue weighted by Gasteiger charge is 2.53. The van der Waals surface area contributed by atoms with Crippen molar-refractivity contribution in [3.63, 3.8) is 0 Å². The Morgan fingerprint density at radius 3 is 2.84 bits per heavy atom. The number of carboxylic acids is 1. The molecule has 2 N–H and O–H groups in total. The molecule has 7 nitrogen and oxygen atoms in total. The second-order valence-corrected chi connectivity index (χ2v) is 5.19. The monoisotopic (exact) mass is 281 g/mol. The van der Waals surface area contributed by atoms with Gasteiger partial charge in [-0.05, 0) is 0 Å². The van der Waals surface area contributed by atoms with Crippen LogP contribution in [0.1, 0.15) is 6.42 Å². The molecule has 2 aliphatic heterocycles. The predicted molar refractivity (Wildman–Crippen MR) is 65.5 cm³/mol. The van der Waals surface area contributed by atoms with Crippen molar-refractivity contribution in [1.29, 1.82) is 5.26 Å². The molecule has 0 aliphatic carbocycles. The van der Waals surface area contributed by atoms with Crippen molar-refractivity contribution in [2.24, 2.45) is 5.92 Å². The van der Waals surface area contributed by atoms with Crippen molar-refractivity contribution in [2.75, 3.05) is 12.8 Å². The van der Waals surface area contributed by atoms with Gasteiger partial charge in [0.25, 0.3) is 0 Å². The zero-order chi connectivity index (χ0) is 14.2. The molecule has 1 saturated heterocycles. The molecule has 0 aromatic carbocycles. The highest BCUT2D eigenvalue weighted by molar-refractivity contribution is 8.00. The number of thioether (sulfide) groups is 1. The Kier molecular flexibility index (Phi) is 3.48. The first-order valence-electron chi connectivity index (χ1n) is 5.53. The molecule has 2 heterocycles. The van der Waals surface area contributed by atoms with Crippen LogP contribution in [0.2, 0.25) is 0 Å². The number of nitriles is 1. The molecule has 8 heteroatoms. The first-order chi connectivity index (χ1) is 9.02. The SMILES string of the molecule is CNC(=O)C1=C(C(=O)O)N2C(=O)C(CC#N)[C@H]2SC1. The van der Waals surface area contributed by atoms with E-state index in [0.717, 1.165) is 4.90 Å². The number of carbonyl (C=O) groups excluding carboxylic acids is 2. The first-order valence-corrected chi connectivity index (χ1v) is 6.58. The van der Waals surface area contributed by atoms with Gasteiger partial charge in [-0.25, -0.2) is 4.79 Å². The molecule has 0 saturated carbocycles. The molecule has 0 aromatic rings. The molecule has 0 radical (unpaired) electrons. The third-order valence-electron chi connectivity index (χ3n) is 3.09. The van der Waals surface area contributed by atoms with Crippen LogP contribution in [0, 0.1) is 17.2 Å². The minimum atomic E-state index is -1.30. The number of amides is 2. The fraction of sp³-hybridized carbons (Fsp3) is 0.455. The number of likely N-dealkylation sites (N-methyl/N-ethyl adjacent to an activating group) is 1. The maximum Gasteiger partial charge on any atom is 0.353 e. The molecule has 2 aliphatic rings. The van der Waals surface area contributed by atoms with E-state index in [1.807, 2.05) is 6.07 Å². The van der Waals surface area contributed by atoms with Gasteiger partial charge in [-0.1, -0.05) is 0 Å². The minimum absolute atomic E-state index is 0.0647. The topological polar surface area (TPSA) is 110 Å². The van der Waals surface area contributed by atoms with Crippen LogP contribution in [0.4, 0.5) is 0 Å². The number of rotatable bonds is 3. The molecule has 2 atom stereocenters. The summed E-state index contributed by atoms with van der Waals surface area (Å²) in [6, 6.07) is 1.92. The van der Waals surface area contributed by atoms with Gasteiger partial charge in [0, 0.05) is 19.2 Å². The van der Waals surface area contributed by atoms with Crippen LogP contribution in [-0.2, 0) is 14.4 Å². The number of hydrogen-bond acceptors (Lipinski definition) is 5. The average Bonchev–Trinajstić information content (AvgIpc) is 2.41. The van der Waals surface area contributed by atoms with Crippen LogP contribution in [0.25, 0.3) is 0 Å². The third-order valence-corrected chi connectivity index (χ3v) is 4.43. The molecule has 19 heavy (non-hydrogen) atoms. The standard InChI is InChI=1S/C11H11N3O4S/c1-13-8(15)6-4-19-10-5(2-3-12)9(16)14(10)7(6)11(17)18/h5,10H,2,4H2,1H3,(H,13,15)(H,17,18)/t5?,10-/m1/s1. The van der Waals surface area contributed by atoms with E-state index in [9.17, 15) is 19.5 Å². The molecule has 100 valence electrons. The molecule has 1 fully saturated rings. The van der Waals surface area contributed by atoms with Gasteiger partial charge in [0.15, 0.2) is 0 Å². The third kappa shape index (κ3) is 1.96. The van der Waals surface area contributed by atoms with E-state index in [0.29, 0.717) is 0 Å². The molecule has 0 spiro atoms. The molecular formula is C11H11N3O4S. The highest BCUT2D eigenvalue weighted by atomic mass is 32.2. The number of carbonyl (C=O) groups is 3. The van der Waals surface area contributed by atoms with Gasteiger partial charge in [-0.15, -0.1) is 11.8 Å². The Morgan fingerprint density at radius 2 is 2.32 bits per heavy atom. The summed E-state index contributed by atoms with van der Waals surface area (Å²) in [7, 11) is 1.40. The summed E-state index contributed by atoms with van der Waals surface area (Å²) in [5, 5.41) is 19.9. The average molecular weight is 281 g/mol. The summed E-state index contributed by atoms with van der Waals surface area (Å²) in [6.45, 7) is 0. The number of hydrogen-bond donors (Lipinski definition) is 2. The van der Waals surface area contributed by atoms with E-state index in [4.69, 9.17) is 5.26 Å². The van der Waals surface area contributed by atoms with E-state index in [1.165, 1.54) is 18.8 Å². The Bertz CT molecular complexity index is 537. The number of nitrogens with one attached hydrogen (secondary N) is 1. The lowest BCUT2D eigenvalue weighted by atomic mass is 9.93. The Morgan fingerprint density at radius 1 is 1.63 bits per heavy atom. The Hall–Kier alpha value is -2.01. The summed E-state index contributed by atoms with van der Waals surface area (Å²) in [5.41, 5.74) is -0.178. The summed E-state index contributed by atoms with van der Waals surface area (Å²) in [6.07, 6.45) is 0.0647. The number of carboxylic acid groups (broad SMARTS) is 1. The van der Waals surface area contributed by atoms with E-state index >= 15 is 0 Å². The molecule has 0 aromatic heterocycles. The molecular weight excluding hydrogens is 270 g/mol. The van der Waals surface area contributed by atoms with Crippen molar-refractivity contribution < 1.29 is 19.5 Å². The zero-order valence-electron chi connectivity index (χ0n) is 10.0. The normalized spacial score (nSPS) is 25.3. The van der Waals surface area contributed by atoms with Gasteiger partial charge in [0.05, 0.1) is 22.9 Å². The summed E-state index contributed by atoms with van der Waals surface area (Å²) in [4.78, 5) is 35.9. The number of nitrogens with zero attached hydrogens (tertiary/aromatic N) is 2. The van der Waals surface area contributed by atoms with Gasteiger partial charge in [-0.3, -0.25) is 14.5 Å². The number of aliphatic carboxylic acids is 1. The van der Waals surface area contributed by atoms with Crippen molar-refractivity contribution in [2.45, 2.75) is 11.8 Å². The second-order valence-electron chi connectivity index (χ2n) is 4.09. The van der Waals surface area contributed by atoms with Gasteiger partial charge in [-0.2, -0.15) is 5.26 Å². The Labute approximate surface area is 113 Å². The molecule has 2 rings (SSSR count). The molecule has 0 bridgehead atoms. The zero-order valence-corrected chi connectivity index (χ0v) is 10.9. The van der Waals surface area contributed by atoms with Crippen LogP contribution >= 0.6 is 11.8 Å². The van der Waals surface area contributed by atoms with Crippen LogP contribution in [0.15, 0.2) is 11.3 Å². The van der Waals surface area contributed by atoms with Crippen LogP contribution in [0.3, 0.4) is 0 Å². The number of fused-ring (bicyclic) bond motifs is 1. The largest absolute Gasteiger partial charge is 0.477 e. The lowest BCUT2D eigenvalue weighted by Crippen LogP contribution is -2.61. The van der Waals surface area contributed by atoms with Gasteiger partial charge in [0.1, 0.15) is 5.70 Å². The maximum atomic E-state index is 11.9. The molecule has 1 unspecified atom stereocenters. The number of β-lactam (4-membered cyclic amide) rings is 1. The highest BCUT2D eigenvalue weighted by Crippen LogP contribution is 2.44. The van der Waals surface area contributed by atoms with Crippen molar-refractivity contribution in [1.82, 2.24) is 10.2 Å². The summed E-state index contributed by atoms with van der Waals surface area (Å²) in [5.74, 6) is -2.46. The second kappa shape index (κ2) is 4.93. The summed E-state index contributed by atoms with van der Waals surface area (Å²) >= 11 is 1.31. The predicted octanol–water partition coefficient (Wildman–Crippen LogP) is -0.484. The Balaban J connectivity index is 2.37. The fourth-order valence-corrected chi connectivity index (χ4v) is 3.59. The van der Waals surface area contributed by atoms with E-state index in [2.05, 4.69) is 5.32 Å². The fourth-order valence-electron chi connectivity index (χ4n) is 2.18. The quantitative estimate of drug-likeness (QED) is 0.676. The lowest BCUT2D eigenvalue weighted by Gasteiger charge is -2.48. The van der Waals surface area contributed by atoms with Crippen molar-refractivity contribution >= 4 is 29.5 Å². The van der Waals surface area contributed by atoms with E-state index in [1.54, 1.807) is 0 Å². The first kappa shape index (κ1) is 13.4. The summed E-state index contributed by atoms with van der Waals surface area (Å²) < 4.78 is 0.